The van der Waals surface area contributed by atoms with E-state index in [0.717, 1.165) is 63.2 Å². The summed E-state index contributed by atoms with van der Waals surface area (Å²) in [7, 11) is 2.13. The summed E-state index contributed by atoms with van der Waals surface area (Å²) in [6.45, 7) is 8.23. The van der Waals surface area contributed by atoms with Crippen molar-refractivity contribution in [2.75, 3.05) is 19.6 Å². The second-order valence-electron chi connectivity index (χ2n) is 7.47. The first-order valence-electron chi connectivity index (χ1n) is 10.3. The number of hydrogen-bond donors (Lipinski definition) is 0. The van der Waals surface area contributed by atoms with E-state index in [1.54, 1.807) is 6.08 Å². The molecule has 0 radical (unpaired) electrons. The van der Waals surface area contributed by atoms with Crippen molar-refractivity contribution in [1.29, 1.82) is 0 Å². The summed E-state index contributed by atoms with van der Waals surface area (Å²) >= 11 is -1.10. The predicted molar refractivity (Wildman–Crippen MR) is 121 cm³/mol. The number of fused-ring (bicyclic) bond motifs is 1. The molecular weight excluding hydrogens is 367 g/mol. The molecule has 1 fully saturated rings. The van der Waals surface area contributed by atoms with Crippen molar-refractivity contribution in [3.63, 3.8) is 0 Å². The standard InChI is InChI=1S/C22H31BN2O2S/c1-3-7-20(8-4-2)25-16-15-24(28(25)26)14-6-5-9-21-12-10-18-17-19(23)11-13-22(18)27-21/h3-4,7-8,11,13,17,21H,1,5-6,9-10,12,14-16,23H2,2H3/b8-4-,20-7+. The van der Waals surface area contributed by atoms with Gasteiger partial charge in [-0.05, 0) is 62.8 Å². The largest absolute Gasteiger partial charge is 0.573 e. The van der Waals surface area contributed by atoms with Crippen LogP contribution in [0.1, 0.15) is 38.2 Å². The number of ether oxygens (including phenoxy) is 1. The van der Waals surface area contributed by atoms with Crippen molar-refractivity contribution >= 4 is 24.9 Å². The average Bonchev–Trinajstić information content (AvgIpc) is 3.05. The smallest absolute Gasteiger partial charge is 0.169 e. The molecule has 0 saturated carbocycles. The van der Waals surface area contributed by atoms with Crippen molar-refractivity contribution < 1.29 is 9.29 Å². The van der Waals surface area contributed by atoms with Crippen LogP contribution >= 0.6 is 0 Å². The van der Waals surface area contributed by atoms with Crippen LogP contribution in [0.4, 0.5) is 0 Å². The highest BCUT2D eigenvalue weighted by atomic mass is 32.2. The molecule has 0 aliphatic carbocycles. The summed E-state index contributed by atoms with van der Waals surface area (Å²) in [5.41, 5.74) is 3.60. The minimum absolute atomic E-state index is 0.313. The van der Waals surface area contributed by atoms with E-state index in [1.807, 2.05) is 29.5 Å². The maximum Gasteiger partial charge on any atom is 0.169 e. The van der Waals surface area contributed by atoms with Gasteiger partial charge in [0.1, 0.15) is 13.6 Å². The normalized spacial score (nSPS) is 23.1. The highest BCUT2D eigenvalue weighted by Gasteiger charge is 2.36. The molecule has 0 bridgehead atoms. The van der Waals surface area contributed by atoms with Gasteiger partial charge in [-0.25, -0.2) is 0 Å². The molecule has 0 aromatic heterocycles. The lowest BCUT2D eigenvalue weighted by atomic mass is 9.90. The van der Waals surface area contributed by atoms with E-state index in [9.17, 15) is 4.55 Å². The Kier molecular flexibility index (Phi) is 7.71. The van der Waals surface area contributed by atoms with E-state index in [1.165, 1.54) is 11.0 Å². The highest BCUT2D eigenvalue weighted by molar-refractivity contribution is 7.87. The highest BCUT2D eigenvalue weighted by Crippen LogP contribution is 2.29. The molecule has 0 amide bonds. The summed E-state index contributed by atoms with van der Waals surface area (Å²) in [6.07, 6.45) is 13.4. The first kappa shape index (κ1) is 21.1. The summed E-state index contributed by atoms with van der Waals surface area (Å²) in [5, 5.41) is 0. The zero-order chi connectivity index (χ0) is 19.9. The fraction of sp³-hybridized carbons (Fsp3) is 0.455. The minimum atomic E-state index is -1.10. The Morgan fingerprint density at radius 2 is 2.25 bits per heavy atom. The van der Waals surface area contributed by atoms with Gasteiger partial charge in [0.2, 0.25) is 0 Å². The van der Waals surface area contributed by atoms with Crippen LogP contribution in [0.25, 0.3) is 0 Å². The Morgan fingerprint density at radius 1 is 1.39 bits per heavy atom. The fourth-order valence-electron chi connectivity index (χ4n) is 3.86. The summed E-state index contributed by atoms with van der Waals surface area (Å²) in [6, 6.07) is 6.47. The molecule has 0 spiro atoms. The second kappa shape index (κ2) is 10.2. The van der Waals surface area contributed by atoms with Crippen LogP contribution < -0.4 is 10.2 Å². The van der Waals surface area contributed by atoms with Crippen molar-refractivity contribution in [2.24, 2.45) is 0 Å². The molecular formula is C22H31BN2O2S. The first-order valence-corrected chi connectivity index (χ1v) is 11.3. The Bertz CT molecular complexity index is 737. The molecule has 3 rings (SSSR count). The molecule has 150 valence electrons. The average molecular weight is 398 g/mol. The number of rotatable bonds is 8. The predicted octanol–water partition coefficient (Wildman–Crippen LogP) is 2.65. The summed E-state index contributed by atoms with van der Waals surface area (Å²) in [4.78, 5) is 0. The molecule has 6 heteroatoms. The zero-order valence-electron chi connectivity index (χ0n) is 17.1. The first-order chi connectivity index (χ1) is 13.6. The maximum absolute atomic E-state index is 12.8. The van der Waals surface area contributed by atoms with Crippen LogP contribution in [-0.4, -0.2) is 46.7 Å². The number of benzene rings is 1. The number of nitrogens with zero attached hydrogens (tertiary/aromatic N) is 2. The number of aryl methyl sites for hydroxylation is 1. The zero-order valence-corrected chi connectivity index (χ0v) is 17.9. The monoisotopic (exact) mass is 398 g/mol. The van der Waals surface area contributed by atoms with E-state index in [0.29, 0.717) is 6.10 Å². The van der Waals surface area contributed by atoms with Gasteiger partial charge >= 0.3 is 0 Å². The number of unbranched alkanes of at least 4 members (excludes halogenated alkanes) is 1. The third-order valence-corrected chi connectivity index (χ3v) is 6.88. The molecule has 2 aliphatic rings. The van der Waals surface area contributed by atoms with E-state index in [4.69, 9.17) is 4.74 Å². The van der Waals surface area contributed by atoms with Crippen LogP contribution in [0.3, 0.4) is 0 Å². The molecule has 2 unspecified atom stereocenters. The Labute approximate surface area is 173 Å². The number of allylic oxidation sites excluding steroid dienone is 4. The molecule has 4 nitrogen and oxygen atoms in total. The van der Waals surface area contributed by atoms with Crippen LogP contribution in [-0.2, 0) is 18.0 Å². The van der Waals surface area contributed by atoms with E-state index < -0.39 is 11.5 Å². The van der Waals surface area contributed by atoms with Crippen molar-refractivity contribution in [3.8, 4) is 5.75 Å². The van der Waals surface area contributed by atoms with Gasteiger partial charge in [-0.15, -0.1) is 4.31 Å². The Morgan fingerprint density at radius 3 is 3.04 bits per heavy atom. The van der Waals surface area contributed by atoms with Gasteiger partial charge in [-0.1, -0.05) is 36.3 Å². The third kappa shape index (κ3) is 5.25. The topological polar surface area (TPSA) is 38.8 Å². The van der Waals surface area contributed by atoms with Crippen LogP contribution in [0.2, 0.25) is 0 Å². The van der Waals surface area contributed by atoms with Gasteiger partial charge in [0.15, 0.2) is 11.5 Å². The molecule has 1 aromatic rings. The van der Waals surface area contributed by atoms with Gasteiger partial charge in [0, 0.05) is 6.54 Å². The van der Waals surface area contributed by atoms with Gasteiger partial charge in [0.25, 0.3) is 0 Å². The van der Waals surface area contributed by atoms with E-state index in [-0.39, 0.29) is 0 Å². The quantitative estimate of drug-likeness (QED) is 0.292. The second-order valence-corrected chi connectivity index (χ2v) is 8.89. The molecule has 2 atom stereocenters. The third-order valence-electron chi connectivity index (χ3n) is 5.30. The van der Waals surface area contributed by atoms with Crippen LogP contribution in [0.5, 0.6) is 5.75 Å². The maximum atomic E-state index is 12.8. The lowest BCUT2D eigenvalue weighted by Crippen LogP contribution is -2.33. The lowest BCUT2D eigenvalue weighted by molar-refractivity contribution is 0.160. The fourth-order valence-corrected chi connectivity index (χ4v) is 5.20. The molecule has 0 N–H and O–H groups in total. The van der Waals surface area contributed by atoms with Crippen molar-refractivity contribution in [3.05, 3.63) is 60.3 Å². The Balaban J connectivity index is 1.42. The van der Waals surface area contributed by atoms with E-state index in [2.05, 4.69) is 36.9 Å². The minimum Gasteiger partial charge on any atom is -0.573 e. The van der Waals surface area contributed by atoms with Gasteiger partial charge in [-0.3, -0.25) is 0 Å². The van der Waals surface area contributed by atoms with Gasteiger partial charge in [0.05, 0.1) is 24.9 Å². The van der Waals surface area contributed by atoms with Crippen LogP contribution in [0, 0.1) is 0 Å². The SMILES string of the molecule is Bc1ccc2c(c1)CCC(CCCCN1CCN(C(/C=C\C)=C/C=C)[S+]1[O-])O2. The molecule has 1 aromatic carbocycles. The van der Waals surface area contributed by atoms with Crippen LogP contribution in [0.15, 0.2) is 54.8 Å². The van der Waals surface area contributed by atoms with E-state index >= 15 is 0 Å². The summed E-state index contributed by atoms with van der Waals surface area (Å²) in [5.74, 6) is 1.06. The van der Waals surface area contributed by atoms with Crippen molar-refractivity contribution in [1.82, 2.24) is 8.61 Å². The number of hydrogen-bond acceptors (Lipinski definition) is 4. The molecule has 1 saturated heterocycles. The van der Waals surface area contributed by atoms with Gasteiger partial charge in [-0.2, -0.15) is 4.31 Å². The van der Waals surface area contributed by atoms with Gasteiger partial charge < -0.3 is 9.29 Å². The molecule has 2 heterocycles. The lowest BCUT2D eigenvalue weighted by Gasteiger charge is -2.27. The molecule has 2 aliphatic heterocycles. The summed E-state index contributed by atoms with van der Waals surface area (Å²) < 4.78 is 23.0. The Hall–Kier alpha value is -1.63. The molecule has 28 heavy (non-hydrogen) atoms. The van der Waals surface area contributed by atoms with Crippen molar-refractivity contribution in [2.45, 2.75) is 45.1 Å².